The highest BCUT2D eigenvalue weighted by Crippen LogP contribution is 2.48. The third-order valence-corrected chi connectivity index (χ3v) is 8.61. The number of hydrogen-bond donors (Lipinski definition) is 2. The number of carbonyl (C=O) groups is 3. The number of fused-ring (bicyclic) bond motifs is 2. The normalized spacial score (nSPS) is 18.7. The summed E-state index contributed by atoms with van der Waals surface area (Å²) in [5, 5.41) is 7.94. The molecule has 0 bridgehead atoms. The van der Waals surface area contributed by atoms with Crippen LogP contribution in [0.15, 0.2) is 79.4 Å². The monoisotopic (exact) mass is 609 g/mol. The van der Waals surface area contributed by atoms with E-state index >= 15 is 4.39 Å². The minimum absolute atomic E-state index is 0.00387. The van der Waals surface area contributed by atoms with Crippen molar-refractivity contribution in [1.82, 2.24) is 24.6 Å². The SMILES string of the molecule is NC(=O)c1nn(CC(=O)N2C3C[C@@H]3C[C@H]2C(=O)Nc2cccc(-c3ccccc3Cl)c2F)c2ccc(-c3cncnc3)cc12. The fraction of sp³-hybridized carbons (Fsp3) is 0.188. The van der Waals surface area contributed by atoms with Crippen LogP contribution >= 0.6 is 11.6 Å². The molecule has 1 saturated heterocycles. The van der Waals surface area contributed by atoms with Crippen molar-refractivity contribution >= 4 is 45.9 Å². The van der Waals surface area contributed by atoms with Crippen molar-refractivity contribution in [3.63, 3.8) is 0 Å². The largest absolute Gasteiger partial charge is 0.364 e. The van der Waals surface area contributed by atoms with E-state index in [1.807, 2.05) is 6.07 Å². The average Bonchev–Trinajstić information content (AvgIpc) is 3.53. The van der Waals surface area contributed by atoms with Crippen LogP contribution < -0.4 is 11.1 Å². The second-order valence-electron chi connectivity index (χ2n) is 11.0. The molecule has 12 heteroatoms. The van der Waals surface area contributed by atoms with Gasteiger partial charge in [0.2, 0.25) is 11.8 Å². The fourth-order valence-electron chi connectivity index (χ4n) is 6.10. The molecule has 1 aliphatic carbocycles. The molecule has 10 nitrogen and oxygen atoms in total. The number of nitrogens with zero attached hydrogens (tertiary/aromatic N) is 5. The van der Waals surface area contributed by atoms with E-state index in [-0.39, 0.29) is 41.4 Å². The van der Waals surface area contributed by atoms with Crippen LogP contribution in [0.3, 0.4) is 0 Å². The van der Waals surface area contributed by atoms with Crippen LogP contribution in [-0.4, -0.2) is 54.5 Å². The number of likely N-dealkylation sites (tertiary alicyclic amines) is 1. The Morgan fingerprint density at radius 1 is 0.977 bits per heavy atom. The molecule has 220 valence electrons. The highest BCUT2D eigenvalue weighted by atomic mass is 35.5. The minimum Gasteiger partial charge on any atom is -0.364 e. The van der Waals surface area contributed by atoms with E-state index in [1.165, 1.54) is 17.1 Å². The topological polar surface area (TPSA) is 136 Å². The van der Waals surface area contributed by atoms with E-state index in [4.69, 9.17) is 17.3 Å². The molecule has 1 saturated carbocycles. The summed E-state index contributed by atoms with van der Waals surface area (Å²) in [5.74, 6) is -1.96. The summed E-state index contributed by atoms with van der Waals surface area (Å²) < 4.78 is 17.0. The summed E-state index contributed by atoms with van der Waals surface area (Å²) in [4.78, 5) is 49.2. The van der Waals surface area contributed by atoms with Gasteiger partial charge in [0.15, 0.2) is 11.5 Å². The standard InChI is InChI=1S/C32H25ClFN7O3/c33-23-6-2-1-4-20(23)21-5-3-7-24(29(21)34)38-32(44)27-12-18-11-26(18)41(27)28(42)15-40-25-9-8-17(19-13-36-16-37-14-19)10-22(25)30(39-40)31(35)43/h1-10,13-14,16,18,26-27H,11-12,15H2,(H2,35,43)(H,38,44)/t18-,26?,27+/m1/s1. The molecule has 3 aromatic carbocycles. The van der Waals surface area contributed by atoms with E-state index in [9.17, 15) is 14.4 Å². The Hall–Kier alpha value is -5.16. The highest BCUT2D eigenvalue weighted by molar-refractivity contribution is 6.33. The van der Waals surface area contributed by atoms with E-state index < -0.39 is 23.7 Å². The van der Waals surface area contributed by atoms with Crippen LogP contribution in [0.2, 0.25) is 5.02 Å². The first kappa shape index (κ1) is 27.7. The van der Waals surface area contributed by atoms with Gasteiger partial charge in [-0.15, -0.1) is 0 Å². The summed E-state index contributed by atoms with van der Waals surface area (Å²) in [7, 11) is 0. The number of primary amides is 1. The first-order valence-corrected chi connectivity index (χ1v) is 14.4. The molecule has 1 aliphatic heterocycles. The van der Waals surface area contributed by atoms with Crippen molar-refractivity contribution in [3.05, 3.63) is 95.9 Å². The molecule has 2 aromatic heterocycles. The Kier molecular flexibility index (Phi) is 6.81. The summed E-state index contributed by atoms with van der Waals surface area (Å²) in [6.45, 7) is -0.207. The zero-order valence-electron chi connectivity index (χ0n) is 23.2. The summed E-state index contributed by atoms with van der Waals surface area (Å²) in [6.07, 6.45) is 5.99. The number of anilines is 1. The number of nitrogens with one attached hydrogen (secondary N) is 1. The van der Waals surface area contributed by atoms with Crippen molar-refractivity contribution < 1.29 is 18.8 Å². The van der Waals surface area contributed by atoms with Crippen LogP contribution in [-0.2, 0) is 16.1 Å². The van der Waals surface area contributed by atoms with Gasteiger partial charge in [0, 0.05) is 45.5 Å². The van der Waals surface area contributed by atoms with Gasteiger partial charge in [-0.1, -0.05) is 48.0 Å². The van der Waals surface area contributed by atoms with Gasteiger partial charge in [0.1, 0.15) is 18.9 Å². The smallest absolute Gasteiger partial charge is 0.269 e. The average molecular weight is 610 g/mol. The Labute approximate surface area is 255 Å². The number of nitrogens with two attached hydrogens (primary N) is 1. The number of rotatable bonds is 7. The lowest BCUT2D eigenvalue weighted by Crippen LogP contribution is -2.46. The molecule has 0 radical (unpaired) electrons. The second kappa shape index (κ2) is 10.8. The van der Waals surface area contributed by atoms with Gasteiger partial charge in [0.05, 0.1) is 11.2 Å². The van der Waals surface area contributed by atoms with Gasteiger partial charge >= 0.3 is 0 Å². The lowest BCUT2D eigenvalue weighted by molar-refractivity contribution is -0.138. The molecule has 2 aliphatic rings. The minimum atomic E-state index is -0.781. The number of aromatic nitrogens is 4. The third kappa shape index (κ3) is 4.84. The zero-order valence-corrected chi connectivity index (χ0v) is 23.9. The lowest BCUT2D eigenvalue weighted by atomic mass is 10.0. The van der Waals surface area contributed by atoms with Crippen molar-refractivity contribution in [2.24, 2.45) is 11.7 Å². The molecule has 44 heavy (non-hydrogen) atoms. The fourth-order valence-corrected chi connectivity index (χ4v) is 6.34. The predicted molar refractivity (Wildman–Crippen MR) is 162 cm³/mol. The van der Waals surface area contributed by atoms with Gasteiger partial charge in [-0.3, -0.25) is 19.1 Å². The number of piperidine rings is 1. The quantitative estimate of drug-likeness (QED) is 0.275. The van der Waals surface area contributed by atoms with E-state index in [0.717, 1.165) is 17.5 Å². The van der Waals surface area contributed by atoms with Crippen molar-refractivity contribution in [1.29, 1.82) is 0 Å². The van der Waals surface area contributed by atoms with E-state index in [2.05, 4.69) is 20.4 Å². The van der Waals surface area contributed by atoms with Crippen molar-refractivity contribution in [2.45, 2.75) is 31.5 Å². The molecule has 1 unspecified atom stereocenters. The molecular formula is C32H25ClFN7O3. The number of carbonyl (C=O) groups excluding carboxylic acids is 3. The first-order chi connectivity index (χ1) is 21.3. The van der Waals surface area contributed by atoms with Crippen LogP contribution in [0.1, 0.15) is 23.3 Å². The van der Waals surface area contributed by atoms with Gasteiger partial charge in [-0.2, -0.15) is 5.10 Å². The molecule has 3 amide bonds. The molecule has 0 spiro atoms. The molecule has 7 rings (SSSR count). The van der Waals surface area contributed by atoms with Crippen LogP contribution in [0.5, 0.6) is 0 Å². The Balaban J connectivity index is 1.14. The Morgan fingerprint density at radius 3 is 2.52 bits per heavy atom. The van der Waals surface area contributed by atoms with Gasteiger partial charge in [-0.05, 0) is 48.6 Å². The maximum Gasteiger partial charge on any atom is 0.269 e. The third-order valence-electron chi connectivity index (χ3n) is 8.28. The molecule has 3 N–H and O–H groups in total. The van der Waals surface area contributed by atoms with Crippen LogP contribution in [0.25, 0.3) is 33.2 Å². The number of benzene rings is 3. The Bertz CT molecular complexity index is 1960. The van der Waals surface area contributed by atoms with Crippen LogP contribution in [0, 0.1) is 11.7 Å². The molecule has 2 fully saturated rings. The van der Waals surface area contributed by atoms with E-state index in [0.29, 0.717) is 27.9 Å². The van der Waals surface area contributed by atoms with Crippen LogP contribution in [0.4, 0.5) is 10.1 Å². The number of amides is 3. The molecule has 3 heterocycles. The maximum absolute atomic E-state index is 15.6. The molecule has 5 aromatic rings. The Morgan fingerprint density at radius 2 is 1.75 bits per heavy atom. The summed E-state index contributed by atoms with van der Waals surface area (Å²) >= 11 is 6.29. The number of halogens is 2. The van der Waals surface area contributed by atoms with Gasteiger partial charge in [-0.25, -0.2) is 14.4 Å². The van der Waals surface area contributed by atoms with Gasteiger partial charge in [0.25, 0.3) is 5.91 Å². The number of hydrogen-bond acceptors (Lipinski definition) is 6. The van der Waals surface area contributed by atoms with E-state index in [1.54, 1.807) is 65.8 Å². The van der Waals surface area contributed by atoms with Crippen molar-refractivity contribution in [3.8, 4) is 22.3 Å². The van der Waals surface area contributed by atoms with Crippen molar-refractivity contribution in [2.75, 3.05) is 5.32 Å². The first-order valence-electron chi connectivity index (χ1n) is 14.0. The highest BCUT2D eigenvalue weighted by Gasteiger charge is 2.56. The molecular weight excluding hydrogens is 585 g/mol. The maximum atomic E-state index is 15.6. The lowest BCUT2D eigenvalue weighted by Gasteiger charge is -2.27. The molecule has 3 atom stereocenters. The van der Waals surface area contributed by atoms with Gasteiger partial charge < -0.3 is 16.0 Å². The summed E-state index contributed by atoms with van der Waals surface area (Å²) in [5.41, 5.74) is 8.48. The summed E-state index contributed by atoms with van der Waals surface area (Å²) in [6, 6.07) is 16.1. The second-order valence-corrected chi connectivity index (χ2v) is 11.4. The zero-order chi connectivity index (χ0) is 30.5. The predicted octanol–water partition coefficient (Wildman–Crippen LogP) is 4.68.